The molecule has 4 nitrogen and oxygen atoms in total. The van der Waals surface area contributed by atoms with Crippen LogP contribution < -0.4 is 4.90 Å². The highest BCUT2D eigenvalue weighted by Gasteiger charge is 2.44. The summed E-state index contributed by atoms with van der Waals surface area (Å²) in [4.78, 5) is 6.33. The fraction of sp³-hybridized carbons (Fsp3) is 0.355. The Labute approximate surface area is 229 Å². The highest BCUT2D eigenvalue weighted by Crippen LogP contribution is 2.56. The van der Waals surface area contributed by atoms with Crippen molar-refractivity contribution in [1.82, 2.24) is 10.1 Å². The Kier molecular flexibility index (Phi) is 5.60. The number of halogens is 4. The molecule has 1 spiro atoms. The summed E-state index contributed by atoms with van der Waals surface area (Å²) in [5.41, 5.74) is 5.85. The van der Waals surface area contributed by atoms with Crippen molar-refractivity contribution in [2.24, 2.45) is 5.41 Å². The molecular formula is C31H27ClF3N3O. The van der Waals surface area contributed by atoms with Crippen molar-refractivity contribution in [3.8, 4) is 11.3 Å². The molecule has 2 aromatic carbocycles. The van der Waals surface area contributed by atoms with E-state index in [4.69, 9.17) is 16.1 Å². The summed E-state index contributed by atoms with van der Waals surface area (Å²) in [7, 11) is 0. The second-order valence-electron chi connectivity index (χ2n) is 11.2. The van der Waals surface area contributed by atoms with E-state index >= 15 is 0 Å². The fourth-order valence-electron chi connectivity index (χ4n) is 6.33. The Morgan fingerprint density at radius 1 is 1.05 bits per heavy atom. The lowest BCUT2D eigenvalue weighted by Crippen LogP contribution is -2.42. The van der Waals surface area contributed by atoms with Gasteiger partial charge in [-0.2, -0.15) is 13.2 Å². The molecule has 7 rings (SSSR count). The number of hydrogen-bond acceptors (Lipinski definition) is 4. The maximum Gasteiger partial charge on any atom is 0.417 e. The van der Waals surface area contributed by atoms with Crippen molar-refractivity contribution in [3.05, 3.63) is 82.2 Å². The molecule has 0 unspecified atom stereocenters. The molecule has 8 heteroatoms. The van der Waals surface area contributed by atoms with Gasteiger partial charge in [-0.15, -0.1) is 0 Å². The minimum absolute atomic E-state index is 0.0895. The SMILES string of the molecule is Cc1cccc(Cl)c1-c1noc(C2CC2)c1C1=CC2(CCN(c3ccc4nccc(C(F)(F)F)c4c3)CC2)C1. The van der Waals surface area contributed by atoms with E-state index in [0.29, 0.717) is 16.5 Å². The number of rotatable bonds is 4. The van der Waals surface area contributed by atoms with Crippen LogP contribution in [0.5, 0.6) is 0 Å². The number of nitrogens with zero attached hydrogens (tertiary/aromatic N) is 3. The van der Waals surface area contributed by atoms with E-state index < -0.39 is 11.7 Å². The lowest BCUT2D eigenvalue weighted by Gasteiger charge is -2.47. The van der Waals surface area contributed by atoms with Gasteiger partial charge in [-0.3, -0.25) is 4.98 Å². The molecule has 0 bridgehead atoms. The molecule has 2 aromatic heterocycles. The molecule has 0 radical (unpaired) electrons. The third kappa shape index (κ3) is 4.22. The number of piperidine rings is 1. The predicted molar refractivity (Wildman–Crippen MR) is 147 cm³/mol. The monoisotopic (exact) mass is 549 g/mol. The molecule has 200 valence electrons. The zero-order valence-corrected chi connectivity index (χ0v) is 22.2. The number of allylic oxidation sites excluding steroid dienone is 2. The summed E-state index contributed by atoms with van der Waals surface area (Å²) >= 11 is 6.62. The maximum absolute atomic E-state index is 13.6. The third-order valence-electron chi connectivity index (χ3n) is 8.62. The number of pyridine rings is 1. The average molecular weight is 550 g/mol. The van der Waals surface area contributed by atoms with Crippen LogP contribution in [-0.4, -0.2) is 23.2 Å². The second kappa shape index (κ2) is 8.85. The molecule has 3 aliphatic rings. The van der Waals surface area contributed by atoms with E-state index in [1.807, 2.05) is 31.2 Å². The van der Waals surface area contributed by atoms with Crippen LogP contribution in [0.3, 0.4) is 0 Å². The van der Waals surface area contributed by atoms with E-state index in [9.17, 15) is 13.2 Å². The fourth-order valence-corrected chi connectivity index (χ4v) is 6.64. The van der Waals surface area contributed by atoms with Gasteiger partial charge in [0.1, 0.15) is 11.5 Å². The predicted octanol–water partition coefficient (Wildman–Crippen LogP) is 8.82. The first-order chi connectivity index (χ1) is 18.7. The normalized spacial score (nSPS) is 18.9. The molecule has 0 N–H and O–H groups in total. The highest BCUT2D eigenvalue weighted by atomic mass is 35.5. The number of hydrogen-bond donors (Lipinski definition) is 0. The van der Waals surface area contributed by atoms with Gasteiger partial charge in [0.05, 0.1) is 16.1 Å². The summed E-state index contributed by atoms with van der Waals surface area (Å²) in [6.45, 7) is 3.61. The van der Waals surface area contributed by atoms with E-state index in [1.54, 1.807) is 12.1 Å². The van der Waals surface area contributed by atoms with Gasteiger partial charge in [0.15, 0.2) is 0 Å². The van der Waals surface area contributed by atoms with Gasteiger partial charge in [0, 0.05) is 47.4 Å². The van der Waals surface area contributed by atoms with E-state index in [-0.39, 0.29) is 10.8 Å². The summed E-state index contributed by atoms with van der Waals surface area (Å²) in [5.74, 6) is 1.40. The van der Waals surface area contributed by atoms with Crippen LogP contribution in [0.15, 0.2) is 59.3 Å². The minimum Gasteiger partial charge on any atom is -0.371 e. The van der Waals surface area contributed by atoms with Gasteiger partial charge in [-0.1, -0.05) is 35.0 Å². The minimum atomic E-state index is -4.42. The quantitative estimate of drug-likeness (QED) is 0.255. The molecule has 0 amide bonds. The van der Waals surface area contributed by atoms with E-state index in [1.165, 1.54) is 11.8 Å². The van der Waals surface area contributed by atoms with Crippen molar-refractivity contribution in [1.29, 1.82) is 0 Å². The molecule has 3 heterocycles. The molecule has 1 saturated heterocycles. The summed E-state index contributed by atoms with van der Waals surface area (Å²) in [6, 6.07) is 12.2. The lowest BCUT2D eigenvalue weighted by molar-refractivity contribution is -0.136. The Bertz CT molecular complexity index is 1610. The van der Waals surface area contributed by atoms with Crippen molar-refractivity contribution in [2.45, 2.75) is 51.1 Å². The van der Waals surface area contributed by atoms with Gasteiger partial charge >= 0.3 is 6.18 Å². The first-order valence-corrected chi connectivity index (χ1v) is 13.8. The number of alkyl halides is 3. The smallest absolute Gasteiger partial charge is 0.371 e. The zero-order chi connectivity index (χ0) is 26.9. The van der Waals surface area contributed by atoms with Crippen LogP contribution in [-0.2, 0) is 6.18 Å². The number of aromatic nitrogens is 2. The molecule has 1 aliphatic heterocycles. The van der Waals surface area contributed by atoms with Crippen molar-refractivity contribution >= 4 is 33.8 Å². The highest BCUT2D eigenvalue weighted by molar-refractivity contribution is 6.33. The van der Waals surface area contributed by atoms with Crippen molar-refractivity contribution < 1.29 is 17.7 Å². The summed E-state index contributed by atoms with van der Waals surface area (Å²) in [5, 5.41) is 5.34. The first kappa shape index (κ1) is 24.7. The standard InChI is InChI=1S/C31H27ClF3N3O/c1-18-3-2-4-24(32)26(18)28-27(29(39-37-28)19-5-6-19)20-16-30(17-20)10-13-38(14-11-30)21-7-8-25-22(15-21)23(9-12-36-25)31(33,34)35/h2-4,7-9,12,15-16,19H,5-6,10-11,13-14,17H2,1H3. The lowest BCUT2D eigenvalue weighted by atomic mass is 9.63. The summed E-state index contributed by atoms with van der Waals surface area (Å²) in [6.07, 6.45) is 4.26. The van der Waals surface area contributed by atoms with Crippen LogP contribution in [0.4, 0.5) is 18.9 Å². The van der Waals surface area contributed by atoms with Crippen LogP contribution in [0, 0.1) is 12.3 Å². The largest absolute Gasteiger partial charge is 0.417 e. The van der Waals surface area contributed by atoms with E-state index in [2.05, 4.69) is 21.1 Å². The zero-order valence-electron chi connectivity index (χ0n) is 21.5. The Morgan fingerprint density at radius 3 is 2.51 bits per heavy atom. The Balaban J connectivity index is 1.15. The second-order valence-corrected chi connectivity index (χ2v) is 11.6. The van der Waals surface area contributed by atoms with E-state index in [0.717, 1.165) is 85.1 Å². The number of anilines is 1. The van der Waals surface area contributed by atoms with Crippen LogP contribution in [0.1, 0.15) is 60.5 Å². The molecule has 4 aromatic rings. The van der Waals surface area contributed by atoms with Gasteiger partial charge in [0.25, 0.3) is 0 Å². The van der Waals surface area contributed by atoms with Crippen molar-refractivity contribution in [3.63, 3.8) is 0 Å². The Hall–Kier alpha value is -3.32. The van der Waals surface area contributed by atoms with Gasteiger partial charge in [0.2, 0.25) is 0 Å². The average Bonchev–Trinajstić information content (AvgIpc) is 3.65. The van der Waals surface area contributed by atoms with Crippen LogP contribution in [0.2, 0.25) is 5.02 Å². The molecule has 0 atom stereocenters. The topological polar surface area (TPSA) is 42.2 Å². The van der Waals surface area contributed by atoms with Crippen LogP contribution >= 0.6 is 11.6 Å². The molecule has 1 saturated carbocycles. The van der Waals surface area contributed by atoms with Crippen molar-refractivity contribution in [2.75, 3.05) is 18.0 Å². The molecule has 2 fully saturated rings. The maximum atomic E-state index is 13.6. The third-order valence-corrected chi connectivity index (χ3v) is 8.94. The Morgan fingerprint density at radius 2 is 1.82 bits per heavy atom. The van der Waals surface area contributed by atoms with Gasteiger partial charge in [-0.05, 0) is 85.9 Å². The number of aryl methyl sites for hydroxylation is 1. The molecule has 39 heavy (non-hydrogen) atoms. The number of benzene rings is 2. The molecular weight excluding hydrogens is 523 g/mol. The summed E-state index contributed by atoms with van der Waals surface area (Å²) < 4.78 is 46.7. The number of fused-ring (bicyclic) bond motifs is 1. The van der Waals surface area contributed by atoms with Gasteiger partial charge in [-0.25, -0.2) is 0 Å². The van der Waals surface area contributed by atoms with Crippen LogP contribution in [0.25, 0.3) is 27.7 Å². The first-order valence-electron chi connectivity index (χ1n) is 13.4. The van der Waals surface area contributed by atoms with Gasteiger partial charge < -0.3 is 9.42 Å². The molecule has 2 aliphatic carbocycles.